The minimum absolute atomic E-state index is 0.0440. The zero-order valence-electron chi connectivity index (χ0n) is 10.7. The van der Waals surface area contributed by atoms with Crippen LogP contribution in [-0.2, 0) is 0 Å². The van der Waals surface area contributed by atoms with Gasteiger partial charge in [-0.1, -0.05) is 53.2 Å². The fourth-order valence-electron chi connectivity index (χ4n) is 1.92. The Labute approximate surface area is 120 Å². The number of carbonyl (C=O) groups is 1. The van der Waals surface area contributed by atoms with E-state index in [0.29, 0.717) is 22.3 Å². The Balaban J connectivity index is 2.20. The van der Waals surface area contributed by atoms with Crippen molar-refractivity contribution in [1.82, 2.24) is 5.32 Å². The molecule has 0 saturated heterocycles. The van der Waals surface area contributed by atoms with Gasteiger partial charge in [-0.15, -0.1) is 0 Å². The van der Waals surface area contributed by atoms with Crippen LogP contribution in [0.15, 0.2) is 36.4 Å². The van der Waals surface area contributed by atoms with Crippen LogP contribution in [0, 0.1) is 0 Å². The fourth-order valence-corrected chi connectivity index (χ4v) is 2.15. The van der Waals surface area contributed by atoms with Crippen molar-refractivity contribution in [3.05, 3.63) is 42.0 Å². The van der Waals surface area contributed by atoms with E-state index in [0.717, 1.165) is 11.8 Å². The molecule has 1 atom stereocenters. The summed E-state index contributed by atoms with van der Waals surface area (Å²) in [5.41, 5.74) is 0.320. The minimum atomic E-state index is -0.239. The molecule has 2 N–H and O–H groups in total. The molecule has 0 aromatic heterocycles. The Hall–Kier alpha value is -1.55. The highest BCUT2D eigenvalue weighted by molar-refractivity contribution is 9.09. The first kappa shape index (κ1) is 13.9. The molecule has 1 unspecified atom stereocenters. The molecule has 0 heterocycles. The molecule has 2 aromatic carbocycles. The third-order valence-corrected chi connectivity index (χ3v) is 3.43. The molecular formula is C15H16BrNO2. The van der Waals surface area contributed by atoms with E-state index in [2.05, 4.69) is 21.2 Å². The summed E-state index contributed by atoms with van der Waals surface area (Å²) < 4.78 is 0. The molecule has 2 rings (SSSR count). The summed E-state index contributed by atoms with van der Waals surface area (Å²) in [4.78, 5) is 12.4. The van der Waals surface area contributed by atoms with Crippen LogP contribution in [-0.4, -0.2) is 22.4 Å². The molecular weight excluding hydrogens is 306 g/mol. The lowest BCUT2D eigenvalue weighted by molar-refractivity contribution is 0.0951. The highest BCUT2D eigenvalue weighted by Crippen LogP contribution is 2.28. The Morgan fingerprint density at radius 3 is 2.79 bits per heavy atom. The molecule has 0 bridgehead atoms. The van der Waals surface area contributed by atoms with Gasteiger partial charge in [-0.3, -0.25) is 4.79 Å². The molecule has 19 heavy (non-hydrogen) atoms. The second-order valence-electron chi connectivity index (χ2n) is 4.51. The highest BCUT2D eigenvalue weighted by atomic mass is 79.9. The molecule has 0 fully saturated rings. The number of amides is 1. The van der Waals surface area contributed by atoms with Gasteiger partial charge in [0.2, 0.25) is 0 Å². The zero-order valence-corrected chi connectivity index (χ0v) is 12.3. The largest absolute Gasteiger partial charge is 0.506 e. The van der Waals surface area contributed by atoms with Gasteiger partial charge in [-0.25, -0.2) is 0 Å². The summed E-state index contributed by atoms with van der Waals surface area (Å²) in [6.07, 6.45) is 0.847. The number of carbonyl (C=O) groups excluding carboxylic acids is 1. The van der Waals surface area contributed by atoms with E-state index in [-0.39, 0.29) is 11.7 Å². The molecule has 0 aliphatic heterocycles. The molecule has 0 spiro atoms. The van der Waals surface area contributed by atoms with E-state index in [1.54, 1.807) is 6.07 Å². The van der Waals surface area contributed by atoms with Gasteiger partial charge in [0, 0.05) is 16.8 Å². The Kier molecular flexibility index (Phi) is 4.43. The number of fused-ring (bicyclic) bond motifs is 1. The number of aromatic hydroxyl groups is 1. The molecule has 1 amide bonds. The molecule has 0 radical (unpaired) electrons. The van der Waals surface area contributed by atoms with Crippen molar-refractivity contribution in [2.24, 2.45) is 0 Å². The first-order valence-corrected chi connectivity index (χ1v) is 7.14. The maximum absolute atomic E-state index is 12.0. The van der Waals surface area contributed by atoms with Crippen LogP contribution in [0.3, 0.4) is 0 Å². The average Bonchev–Trinajstić information content (AvgIpc) is 2.39. The van der Waals surface area contributed by atoms with Crippen LogP contribution in [0.1, 0.15) is 23.7 Å². The van der Waals surface area contributed by atoms with E-state index in [4.69, 9.17) is 0 Å². The quantitative estimate of drug-likeness (QED) is 0.847. The predicted octanol–water partition coefficient (Wildman–Crippen LogP) is 3.45. The molecule has 0 saturated carbocycles. The maximum atomic E-state index is 12.0. The van der Waals surface area contributed by atoms with Crippen LogP contribution in [0.5, 0.6) is 5.75 Å². The van der Waals surface area contributed by atoms with E-state index in [1.807, 2.05) is 37.3 Å². The van der Waals surface area contributed by atoms with E-state index >= 15 is 0 Å². The summed E-state index contributed by atoms with van der Waals surface area (Å²) in [5.74, 6) is -0.195. The Morgan fingerprint density at radius 1 is 1.32 bits per heavy atom. The Morgan fingerprint density at radius 2 is 2.05 bits per heavy atom. The number of phenols is 1. The van der Waals surface area contributed by atoms with Crippen LogP contribution < -0.4 is 5.32 Å². The van der Waals surface area contributed by atoms with Crippen molar-refractivity contribution in [2.75, 3.05) is 6.54 Å². The second-order valence-corrected chi connectivity index (χ2v) is 6.07. The third-order valence-electron chi connectivity index (χ3n) is 2.97. The van der Waals surface area contributed by atoms with Gasteiger partial charge in [0.25, 0.3) is 5.91 Å². The van der Waals surface area contributed by atoms with Gasteiger partial charge in [0.05, 0.1) is 5.56 Å². The summed E-state index contributed by atoms with van der Waals surface area (Å²) in [6, 6.07) is 11.0. The van der Waals surface area contributed by atoms with Crippen molar-refractivity contribution in [2.45, 2.75) is 18.2 Å². The fraction of sp³-hybridized carbons (Fsp3) is 0.267. The van der Waals surface area contributed by atoms with Gasteiger partial charge < -0.3 is 10.4 Å². The number of rotatable bonds is 4. The van der Waals surface area contributed by atoms with Crippen LogP contribution in [0.2, 0.25) is 0 Å². The van der Waals surface area contributed by atoms with Gasteiger partial charge in [-0.05, 0) is 17.9 Å². The summed E-state index contributed by atoms with van der Waals surface area (Å²) >= 11 is 3.43. The topological polar surface area (TPSA) is 49.3 Å². The number of nitrogens with one attached hydrogen (secondary N) is 1. The summed E-state index contributed by atoms with van der Waals surface area (Å²) in [5, 5.41) is 14.6. The minimum Gasteiger partial charge on any atom is -0.506 e. The number of benzene rings is 2. The van der Waals surface area contributed by atoms with Gasteiger partial charge in [-0.2, -0.15) is 0 Å². The van der Waals surface area contributed by atoms with Crippen molar-refractivity contribution in [1.29, 1.82) is 0 Å². The SMILES string of the molecule is CC(Br)CCNC(=O)c1ccc2ccccc2c1O. The smallest absolute Gasteiger partial charge is 0.255 e. The van der Waals surface area contributed by atoms with Crippen LogP contribution in [0.25, 0.3) is 10.8 Å². The zero-order chi connectivity index (χ0) is 13.8. The highest BCUT2D eigenvalue weighted by Gasteiger charge is 2.13. The standard InChI is InChI=1S/C15H16BrNO2/c1-10(16)8-9-17-15(19)13-7-6-11-4-2-3-5-12(11)14(13)18/h2-7,10,18H,8-9H2,1H3,(H,17,19). The van der Waals surface area contributed by atoms with Crippen molar-refractivity contribution in [3.63, 3.8) is 0 Å². The molecule has 4 heteroatoms. The van der Waals surface area contributed by atoms with Crippen molar-refractivity contribution >= 4 is 32.6 Å². The number of alkyl halides is 1. The molecule has 0 aliphatic carbocycles. The van der Waals surface area contributed by atoms with Gasteiger partial charge >= 0.3 is 0 Å². The van der Waals surface area contributed by atoms with Gasteiger partial charge in [0.15, 0.2) is 0 Å². The number of hydrogen-bond acceptors (Lipinski definition) is 2. The summed E-state index contributed by atoms with van der Waals surface area (Å²) in [6.45, 7) is 2.61. The van der Waals surface area contributed by atoms with Crippen LogP contribution in [0.4, 0.5) is 0 Å². The van der Waals surface area contributed by atoms with E-state index in [1.165, 1.54) is 0 Å². The lowest BCUT2D eigenvalue weighted by Gasteiger charge is -2.09. The normalized spacial score (nSPS) is 12.3. The third kappa shape index (κ3) is 3.26. The molecule has 3 nitrogen and oxygen atoms in total. The predicted molar refractivity (Wildman–Crippen MR) is 81.0 cm³/mol. The van der Waals surface area contributed by atoms with Crippen LogP contribution >= 0.6 is 15.9 Å². The van der Waals surface area contributed by atoms with Gasteiger partial charge in [0.1, 0.15) is 5.75 Å². The lowest BCUT2D eigenvalue weighted by Crippen LogP contribution is -2.25. The summed E-state index contributed by atoms with van der Waals surface area (Å²) in [7, 11) is 0. The molecule has 0 aliphatic rings. The average molecular weight is 322 g/mol. The van der Waals surface area contributed by atoms with E-state index in [9.17, 15) is 9.90 Å². The number of hydrogen-bond donors (Lipinski definition) is 2. The first-order valence-electron chi connectivity index (χ1n) is 6.22. The first-order chi connectivity index (χ1) is 9.09. The molecule has 2 aromatic rings. The van der Waals surface area contributed by atoms with Crippen molar-refractivity contribution in [3.8, 4) is 5.75 Å². The maximum Gasteiger partial charge on any atom is 0.255 e. The van der Waals surface area contributed by atoms with Crippen molar-refractivity contribution < 1.29 is 9.90 Å². The monoisotopic (exact) mass is 321 g/mol. The van der Waals surface area contributed by atoms with E-state index < -0.39 is 0 Å². The number of phenolic OH excluding ortho intramolecular Hbond substituents is 1. The molecule has 100 valence electrons. The second kappa shape index (κ2) is 6.06. The number of halogens is 1. The lowest BCUT2D eigenvalue weighted by atomic mass is 10.0. The Bertz CT molecular complexity index is 596.